The van der Waals surface area contributed by atoms with E-state index in [-0.39, 0.29) is 29.3 Å². The van der Waals surface area contributed by atoms with E-state index < -0.39 is 56.8 Å². The van der Waals surface area contributed by atoms with Gasteiger partial charge in [-0.25, -0.2) is 8.42 Å². The van der Waals surface area contributed by atoms with Crippen LogP contribution < -0.4 is 5.32 Å². The normalized spacial score (nSPS) is 18.7. The summed E-state index contributed by atoms with van der Waals surface area (Å²) in [5.41, 5.74) is -6.80. The number of rotatable bonds is 8. The monoisotopic (exact) mass is 608 g/mol. The van der Waals surface area contributed by atoms with Gasteiger partial charge in [-0.3, -0.25) is 9.59 Å². The highest BCUT2D eigenvalue weighted by molar-refractivity contribution is 7.91. The second-order valence-electron chi connectivity index (χ2n) is 10.0. The van der Waals surface area contributed by atoms with E-state index in [0.717, 1.165) is 12.1 Å². The number of fused-ring (bicyclic) bond motifs is 1. The van der Waals surface area contributed by atoms with Crippen molar-refractivity contribution in [2.24, 2.45) is 0 Å². The van der Waals surface area contributed by atoms with Gasteiger partial charge in [0.2, 0.25) is 5.91 Å². The topological polar surface area (TPSA) is 113 Å². The molecule has 0 bridgehead atoms. The summed E-state index contributed by atoms with van der Waals surface area (Å²) < 4.78 is 109. The van der Waals surface area contributed by atoms with E-state index in [0.29, 0.717) is 36.1 Å². The summed E-state index contributed by atoms with van der Waals surface area (Å²) in [6.45, 7) is 1.35. The predicted molar refractivity (Wildman–Crippen MR) is 132 cm³/mol. The number of hydrogen-bond acceptors (Lipinski definition) is 6. The Morgan fingerprint density at radius 3 is 2.12 bits per heavy atom. The molecule has 15 heteroatoms. The summed E-state index contributed by atoms with van der Waals surface area (Å²) in [6.07, 6.45) is -10.9. The van der Waals surface area contributed by atoms with Gasteiger partial charge in [0, 0.05) is 24.9 Å². The number of alkyl halides is 6. The number of anilines is 1. The first kappa shape index (κ1) is 30.8. The van der Waals surface area contributed by atoms with Crippen LogP contribution in [0.5, 0.6) is 0 Å². The number of nitrogens with zero attached hydrogens (tertiary/aromatic N) is 1. The fourth-order valence-corrected chi connectivity index (χ4v) is 5.70. The summed E-state index contributed by atoms with van der Waals surface area (Å²) in [5, 5.41) is 12.0. The van der Waals surface area contributed by atoms with Crippen LogP contribution in [0, 0.1) is 0 Å². The van der Waals surface area contributed by atoms with Gasteiger partial charge in [0.1, 0.15) is 6.04 Å². The molecule has 1 fully saturated rings. The molecule has 2 aromatic rings. The molecule has 1 aliphatic heterocycles. The fourth-order valence-electron chi connectivity index (χ4n) is 4.77. The molecular formula is C26H26F6N2O6S. The molecule has 1 saturated carbocycles. The van der Waals surface area contributed by atoms with Crippen molar-refractivity contribution in [3.8, 4) is 0 Å². The van der Waals surface area contributed by atoms with Crippen molar-refractivity contribution < 1.29 is 54.2 Å². The smallest absolute Gasteiger partial charge is 0.378 e. The average molecular weight is 609 g/mol. The fraction of sp³-hybridized carbons (Fsp3) is 0.462. The molecule has 0 radical (unpaired) electrons. The zero-order chi connectivity index (χ0) is 30.6. The third kappa shape index (κ3) is 5.54. The molecule has 1 unspecified atom stereocenters. The van der Waals surface area contributed by atoms with Crippen LogP contribution in [0.4, 0.5) is 32.0 Å². The maximum absolute atomic E-state index is 13.4. The largest absolute Gasteiger partial charge is 0.430 e. The Labute approximate surface area is 231 Å². The van der Waals surface area contributed by atoms with Crippen LogP contribution in [0.3, 0.4) is 0 Å². The molecule has 1 aliphatic carbocycles. The standard InChI is InChI=1S/C26H26F6N2O6S/c1-3-41(38,39)18-8-9-19-15(12-18)14-34(20(35)13-23(40-2)10-11-23)21(19)22(36)33-17-6-4-16(5-7-17)24(37,25(27,28)29)26(30,31)32/h4-9,12,21,37H,3,10-11,13-14H2,1-2H3,(H,33,36). The Hall–Kier alpha value is -3.17. The van der Waals surface area contributed by atoms with Crippen molar-refractivity contribution in [2.75, 3.05) is 18.2 Å². The van der Waals surface area contributed by atoms with Gasteiger partial charge in [-0.1, -0.05) is 25.1 Å². The Morgan fingerprint density at radius 2 is 1.63 bits per heavy atom. The van der Waals surface area contributed by atoms with Gasteiger partial charge in [0.15, 0.2) is 9.84 Å². The SMILES string of the molecule is CCS(=O)(=O)c1ccc2c(c1)CN(C(=O)CC1(OC)CC1)C2C(=O)Nc1ccc(C(O)(C(F)(F)F)C(F)(F)F)cc1. The summed E-state index contributed by atoms with van der Waals surface area (Å²) in [6, 6.07) is 5.10. The molecule has 2 aliphatic rings. The molecule has 0 saturated heterocycles. The number of amides is 2. The first-order valence-corrected chi connectivity index (χ1v) is 14.0. The number of benzene rings is 2. The summed E-state index contributed by atoms with van der Waals surface area (Å²) in [4.78, 5) is 27.9. The van der Waals surface area contributed by atoms with E-state index in [1.165, 1.54) is 37.1 Å². The van der Waals surface area contributed by atoms with E-state index in [4.69, 9.17) is 4.74 Å². The van der Waals surface area contributed by atoms with Gasteiger partial charge in [-0.15, -0.1) is 0 Å². The van der Waals surface area contributed by atoms with Crippen LogP contribution in [0.2, 0.25) is 0 Å². The summed E-state index contributed by atoms with van der Waals surface area (Å²) in [7, 11) is -2.16. The van der Waals surface area contributed by atoms with E-state index in [9.17, 15) is 49.5 Å². The van der Waals surface area contributed by atoms with Crippen LogP contribution in [0.25, 0.3) is 0 Å². The van der Waals surface area contributed by atoms with Gasteiger partial charge < -0.3 is 20.1 Å². The molecule has 2 amide bonds. The highest BCUT2D eigenvalue weighted by atomic mass is 32.2. The predicted octanol–water partition coefficient (Wildman–Crippen LogP) is 4.38. The van der Waals surface area contributed by atoms with Gasteiger partial charge in [0.25, 0.3) is 11.5 Å². The number of nitrogens with one attached hydrogen (secondary N) is 1. The molecule has 0 aromatic heterocycles. The van der Waals surface area contributed by atoms with Crippen molar-refractivity contribution in [3.05, 3.63) is 59.2 Å². The van der Waals surface area contributed by atoms with Gasteiger partial charge in [0.05, 0.1) is 22.7 Å². The highest BCUT2D eigenvalue weighted by Crippen LogP contribution is 2.50. The third-order valence-electron chi connectivity index (χ3n) is 7.47. The van der Waals surface area contributed by atoms with Crippen LogP contribution in [0.1, 0.15) is 48.9 Å². The number of aliphatic hydroxyl groups is 1. The van der Waals surface area contributed by atoms with Crippen molar-refractivity contribution >= 4 is 27.3 Å². The lowest BCUT2D eigenvalue weighted by atomic mass is 9.92. The molecule has 41 heavy (non-hydrogen) atoms. The van der Waals surface area contributed by atoms with Crippen LogP contribution >= 0.6 is 0 Å². The molecule has 1 atom stereocenters. The Morgan fingerprint density at radius 1 is 1.05 bits per heavy atom. The maximum Gasteiger partial charge on any atom is 0.430 e. The van der Waals surface area contributed by atoms with Gasteiger partial charge in [-0.2, -0.15) is 26.3 Å². The minimum atomic E-state index is -6.07. The summed E-state index contributed by atoms with van der Waals surface area (Å²) >= 11 is 0. The number of carbonyl (C=O) groups excluding carboxylic acids is 2. The number of ether oxygens (including phenoxy) is 1. The Kier molecular flexibility index (Phi) is 7.72. The number of methoxy groups -OCH3 is 1. The minimum Gasteiger partial charge on any atom is -0.378 e. The molecule has 1 heterocycles. The molecular weight excluding hydrogens is 582 g/mol. The molecule has 224 valence electrons. The average Bonchev–Trinajstić information content (AvgIpc) is 3.56. The van der Waals surface area contributed by atoms with Crippen molar-refractivity contribution in [2.45, 2.75) is 67.2 Å². The lowest BCUT2D eigenvalue weighted by molar-refractivity contribution is -0.376. The zero-order valence-corrected chi connectivity index (χ0v) is 22.6. The van der Waals surface area contributed by atoms with E-state index >= 15 is 0 Å². The number of hydrogen-bond donors (Lipinski definition) is 2. The Bertz CT molecular complexity index is 1440. The first-order valence-electron chi connectivity index (χ1n) is 12.4. The van der Waals surface area contributed by atoms with E-state index in [1.807, 2.05) is 0 Å². The second-order valence-corrected chi connectivity index (χ2v) is 12.3. The van der Waals surface area contributed by atoms with Crippen molar-refractivity contribution in [3.63, 3.8) is 0 Å². The highest BCUT2D eigenvalue weighted by Gasteiger charge is 2.71. The summed E-state index contributed by atoms with van der Waals surface area (Å²) in [5.74, 6) is -1.47. The quantitative estimate of drug-likeness (QED) is 0.431. The first-order chi connectivity index (χ1) is 18.9. The zero-order valence-electron chi connectivity index (χ0n) is 21.8. The van der Waals surface area contributed by atoms with Crippen molar-refractivity contribution in [1.29, 1.82) is 0 Å². The number of halogens is 6. The van der Waals surface area contributed by atoms with Gasteiger partial charge >= 0.3 is 12.4 Å². The molecule has 2 N–H and O–H groups in total. The van der Waals surface area contributed by atoms with Crippen LogP contribution in [0.15, 0.2) is 47.4 Å². The number of carbonyl (C=O) groups is 2. The molecule has 0 spiro atoms. The second kappa shape index (κ2) is 10.3. The lowest BCUT2D eigenvalue weighted by Crippen LogP contribution is -2.53. The molecule has 8 nitrogen and oxygen atoms in total. The Balaban J connectivity index is 1.65. The molecule has 4 rings (SSSR count). The maximum atomic E-state index is 13.4. The molecule has 2 aromatic carbocycles. The minimum absolute atomic E-state index is 0.000154. The van der Waals surface area contributed by atoms with Crippen LogP contribution in [-0.2, 0) is 36.3 Å². The number of sulfone groups is 1. The van der Waals surface area contributed by atoms with E-state index in [1.54, 1.807) is 0 Å². The van der Waals surface area contributed by atoms with E-state index in [2.05, 4.69) is 5.32 Å². The van der Waals surface area contributed by atoms with Gasteiger partial charge in [-0.05, 0) is 48.2 Å². The third-order valence-corrected chi connectivity index (χ3v) is 9.21. The lowest BCUT2D eigenvalue weighted by Gasteiger charge is -2.32. The van der Waals surface area contributed by atoms with Crippen molar-refractivity contribution in [1.82, 2.24) is 4.90 Å². The van der Waals surface area contributed by atoms with Crippen LogP contribution in [-0.4, -0.2) is 61.1 Å².